The number of piperidine rings is 1. The molecule has 0 radical (unpaired) electrons. The smallest absolute Gasteiger partial charge is 0.177 e. The van der Waals surface area contributed by atoms with Gasteiger partial charge in [0.25, 0.3) is 0 Å². The monoisotopic (exact) mass is 296 g/mol. The third kappa shape index (κ3) is 3.52. The van der Waals surface area contributed by atoms with Crippen LogP contribution in [0.15, 0.2) is 29.2 Å². The number of sulfone groups is 1. The average molecular weight is 296 g/mol. The molecule has 0 amide bonds. The van der Waals surface area contributed by atoms with E-state index in [9.17, 15) is 8.42 Å². The number of hydrogen-bond donors (Lipinski definition) is 1. The van der Waals surface area contributed by atoms with Crippen molar-refractivity contribution < 1.29 is 8.42 Å². The Morgan fingerprint density at radius 1 is 1.35 bits per heavy atom. The highest BCUT2D eigenvalue weighted by Gasteiger charge is 2.24. The molecule has 1 aliphatic rings. The number of nitrogens with zero attached hydrogens (tertiary/aromatic N) is 1. The molecule has 4 nitrogen and oxygen atoms in total. The van der Waals surface area contributed by atoms with Gasteiger partial charge in [0.05, 0.1) is 10.6 Å². The Bertz CT molecular complexity index is 537. The molecule has 1 atom stereocenters. The Balaban J connectivity index is 2.38. The van der Waals surface area contributed by atoms with E-state index in [1.807, 2.05) is 12.1 Å². The summed E-state index contributed by atoms with van der Waals surface area (Å²) < 4.78 is 24.0. The average Bonchev–Trinajstić information content (AvgIpc) is 2.45. The van der Waals surface area contributed by atoms with Crippen LogP contribution in [-0.2, 0) is 9.84 Å². The molecule has 112 valence electrons. The van der Waals surface area contributed by atoms with Crippen molar-refractivity contribution in [2.75, 3.05) is 30.8 Å². The molecule has 0 spiro atoms. The molecule has 5 heteroatoms. The third-order valence-electron chi connectivity index (χ3n) is 3.75. The molecule has 1 heterocycles. The molecule has 1 N–H and O–H groups in total. The van der Waals surface area contributed by atoms with Crippen molar-refractivity contribution in [3.63, 3.8) is 0 Å². The van der Waals surface area contributed by atoms with Crippen LogP contribution in [0.5, 0.6) is 0 Å². The number of rotatable bonds is 5. The maximum Gasteiger partial charge on any atom is 0.177 e. The first-order valence-electron chi connectivity index (χ1n) is 7.30. The zero-order valence-electron chi connectivity index (χ0n) is 12.3. The summed E-state index contributed by atoms with van der Waals surface area (Å²) in [5.74, 6) is 0. The molecule has 1 aromatic carbocycles. The Morgan fingerprint density at radius 2 is 2.10 bits per heavy atom. The molecule has 1 unspecified atom stereocenters. The second-order valence-electron chi connectivity index (χ2n) is 5.43. The molecule has 0 saturated carbocycles. The molecule has 20 heavy (non-hydrogen) atoms. The fourth-order valence-electron chi connectivity index (χ4n) is 2.85. The van der Waals surface area contributed by atoms with Gasteiger partial charge < -0.3 is 10.2 Å². The number of para-hydroxylation sites is 1. The molecule has 1 saturated heterocycles. The minimum atomic E-state index is -3.20. The van der Waals surface area contributed by atoms with Crippen molar-refractivity contribution in [1.29, 1.82) is 0 Å². The maximum atomic E-state index is 12.0. The SMILES string of the molecule is CCCN(c1ccccc1S(C)(=O)=O)C1CCCNC1. The van der Waals surface area contributed by atoms with Gasteiger partial charge in [-0.15, -0.1) is 0 Å². The fraction of sp³-hybridized carbons (Fsp3) is 0.600. The van der Waals surface area contributed by atoms with Gasteiger partial charge in [-0.25, -0.2) is 8.42 Å². The van der Waals surface area contributed by atoms with Crippen LogP contribution in [0.2, 0.25) is 0 Å². The predicted molar refractivity (Wildman–Crippen MR) is 83.1 cm³/mol. The number of benzene rings is 1. The maximum absolute atomic E-state index is 12.0. The summed E-state index contributed by atoms with van der Waals surface area (Å²) in [7, 11) is -3.20. The van der Waals surface area contributed by atoms with Gasteiger partial charge in [0.1, 0.15) is 0 Å². The van der Waals surface area contributed by atoms with Crippen LogP contribution in [0, 0.1) is 0 Å². The van der Waals surface area contributed by atoms with Gasteiger partial charge in [0.15, 0.2) is 9.84 Å². The van der Waals surface area contributed by atoms with Crippen LogP contribution in [0.4, 0.5) is 5.69 Å². The van der Waals surface area contributed by atoms with E-state index < -0.39 is 9.84 Å². The van der Waals surface area contributed by atoms with E-state index in [2.05, 4.69) is 17.1 Å². The second-order valence-corrected chi connectivity index (χ2v) is 7.42. The molecule has 2 rings (SSSR count). The highest BCUT2D eigenvalue weighted by Crippen LogP contribution is 2.28. The zero-order chi connectivity index (χ0) is 14.6. The molecular weight excluding hydrogens is 272 g/mol. The van der Waals surface area contributed by atoms with Gasteiger partial charge >= 0.3 is 0 Å². The van der Waals surface area contributed by atoms with Crippen LogP contribution >= 0.6 is 0 Å². The number of hydrogen-bond acceptors (Lipinski definition) is 4. The van der Waals surface area contributed by atoms with Crippen LogP contribution in [-0.4, -0.2) is 40.3 Å². The van der Waals surface area contributed by atoms with Gasteiger partial charge in [-0.05, 0) is 37.9 Å². The van der Waals surface area contributed by atoms with E-state index in [-0.39, 0.29) is 0 Å². The summed E-state index contributed by atoms with van der Waals surface area (Å²) in [5, 5.41) is 3.41. The Hall–Kier alpha value is -1.07. The van der Waals surface area contributed by atoms with Gasteiger partial charge in [0, 0.05) is 25.4 Å². The quantitative estimate of drug-likeness (QED) is 0.903. The van der Waals surface area contributed by atoms with Gasteiger partial charge in [-0.3, -0.25) is 0 Å². The predicted octanol–water partition coefficient (Wildman–Crippen LogP) is 2.06. The topological polar surface area (TPSA) is 49.4 Å². The normalized spacial score (nSPS) is 19.8. The minimum Gasteiger partial charge on any atom is -0.366 e. The fourth-order valence-corrected chi connectivity index (χ4v) is 3.74. The third-order valence-corrected chi connectivity index (χ3v) is 4.89. The highest BCUT2D eigenvalue weighted by atomic mass is 32.2. The molecule has 1 aliphatic heterocycles. The number of nitrogens with one attached hydrogen (secondary N) is 1. The van der Waals surface area contributed by atoms with E-state index in [4.69, 9.17) is 0 Å². The first kappa shape index (κ1) is 15.3. The summed E-state index contributed by atoms with van der Waals surface area (Å²) in [4.78, 5) is 2.71. The van der Waals surface area contributed by atoms with Crippen LogP contribution in [0.3, 0.4) is 0 Å². The van der Waals surface area contributed by atoms with E-state index >= 15 is 0 Å². The van der Waals surface area contributed by atoms with Crippen LogP contribution in [0.1, 0.15) is 26.2 Å². The van der Waals surface area contributed by atoms with Crippen LogP contribution < -0.4 is 10.2 Å². The van der Waals surface area contributed by atoms with E-state index in [0.29, 0.717) is 10.9 Å². The Morgan fingerprint density at radius 3 is 2.70 bits per heavy atom. The second kappa shape index (κ2) is 6.59. The summed E-state index contributed by atoms with van der Waals surface area (Å²) in [6.07, 6.45) is 4.56. The summed E-state index contributed by atoms with van der Waals surface area (Å²) in [6, 6.07) is 7.74. The van der Waals surface area contributed by atoms with Crippen molar-refractivity contribution in [2.24, 2.45) is 0 Å². The lowest BCUT2D eigenvalue weighted by molar-refractivity contribution is 0.429. The summed E-state index contributed by atoms with van der Waals surface area (Å²) in [5.41, 5.74) is 0.852. The molecule has 1 fully saturated rings. The van der Waals surface area contributed by atoms with Crippen molar-refractivity contribution in [3.05, 3.63) is 24.3 Å². The molecule has 1 aromatic rings. The standard InChI is InChI=1S/C15H24N2O2S/c1-3-11-17(13-7-6-10-16-12-13)14-8-4-5-9-15(14)20(2,18)19/h4-5,8-9,13,16H,3,6-7,10-12H2,1-2H3. The first-order valence-corrected chi connectivity index (χ1v) is 9.19. The zero-order valence-corrected chi connectivity index (χ0v) is 13.1. The van der Waals surface area contributed by atoms with E-state index in [0.717, 1.165) is 44.6 Å². The molecule has 0 aliphatic carbocycles. The lowest BCUT2D eigenvalue weighted by Crippen LogP contribution is -2.47. The first-order chi connectivity index (χ1) is 9.54. The molecule has 0 bridgehead atoms. The van der Waals surface area contributed by atoms with E-state index in [1.54, 1.807) is 12.1 Å². The van der Waals surface area contributed by atoms with Crippen molar-refractivity contribution in [3.8, 4) is 0 Å². The minimum absolute atomic E-state index is 0.381. The highest BCUT2D eigenvalue weighted by molar-refractivity contribution is 7.90. The van der Waals surface area contributed by atoms with Gasteiger partial charge in [-0.2, -0.15) is 0 Å². The lowest BCUT2D eigenvalue weighted by Gasteiger charge is -2.37. The molecule has 0 aromatic heterocycles. The Kier molecular flexibility index (Phi) is 5.05. The van der Waals surface area contributed by atoms with Crippen molar-refractivity contribution in [2.45, 2.75) is 37.1 Å². The number of anilines is 1. The van der Waals surface area contributed by atoms with Gasteiger partial charge in [-0.1, -0.05) is 19.1 Å². The van der Waals surface area contributed by atoms with E-state index in [1.165, 1.54) is 6.26 Å². The summed E-state index contributed by atoms with van der Waals surface area (Å²) >= 11 is 0. The molecular formula is C15H24N2O2S. The largest absolute Gasteiger partial charge is 0.366 e. The van der Waals surface area contributed by atoms with Crippen molar-refractivity contribution in [1.82, 2.24) is 5.32 Å². The van der Waals surface area contributed by atoms with Crippen LogP contribution in [0.25, 0.3) is 0 Å². The summed E-state index contributed by atoms with van der Waals surface area (Å²) in [6.45, 7) is 5.01. The lowest BCUT2D eigenvalue weighted by atomic mass is 10.0. The van der Waals surface area contributed by atoms with Crippen molar-refractivity contribution >= 4 is 15.5 Å². The Labute approximate surface area is 122 Å². The van der Waals surface area contributed by atoms with Gasteiger partial charge in [0.2, 0.25) is 0 Å².